The average Bonchev–Trinajstić information content (AvgIpc) is 2.40. The minimum Gasteiger partial charge on any atom is -0.379 e. The summed E-state index contributed by atoms with van der Waals surface area (Å²) in [6, 6.07) is 1.93. The SMILES string of the molecule is CCCc1nc(Br)cc(NCCN2CCOCC2)n1. The van der Waals surface area contributed by atoms with Gasteiger partial charge in [-0.2, -0.15) is 0 Å². The summed E-state index contributed by atoms with van der Waals surface area (Å²) < 4.78 is 6.18. The van der Waals surface area contributed by atoms with Crippen molar-refractivity contribution in [3.63, 3.8) is 0 Å². The molecule has 1 aromatic heterocycles. The number of nitrogens with one attached hydrogen (secondary N) is 1. The Morgan fingerprint density at radius 3 is 2.89 bits per heavy atom. The lowest BCUT2D eigenvalue weighted by molar-refractivity contribution is 0.0398. The summed E-state index contributed by atoms with van der Waals surface area (Å²) in [7, 11) is 0. The van der Waals surface area contributed by atoms with Crippen LogP contribution in [0.2, 0.25) is 0 Å². The monoisotopic (exact) mass is 328 g/mol. The van der Waals surface area contributed by atoms with Crippen molar-refractivity contribution in [1.82, 2.24) is 14.9 Å². The summed E-state index contributed by atoms with van der Waals surface area (Å²) in [5.74, 6) is 1.80. The standard InChI is InChI=1S/C13H21BrN4O/c1-2-3-12-16-11(14)10-13(17-12)15-4-5-18-6-8-19-9-7-18/h10H,2-9H2,1H3,(H,15,16,17). The zero-order valence-electron chi connectivity index (χ0n) is 11.4. The maximum Gasteiger partial charge on any atom is 0.132 e. The quantitative estimate of drug-likeness (QED) is 0.809. The van der Waals surface area contributed by atoms with Crippen molar-refractivity contribution in [3.05, 3.63) is 16.5 Å². The van der Waals surface area contributed by atoms with E-state index in [0.29, 0.717) is 0 Å². The van der Waals surface area contributed by atoms with Crippen LogP contribution in [0.25, 0.3) is 0 Å². The summed E-state index contributed by atoms with van der Waals surface area (Å²) >= 11 is 3.43. The molecule has 6 heteroatoms. The maximum atomic E-state index is 5.33. The second-order valence-electron chi connectivity index (χ2n) is 4.62. The van der Waals surface area contributed by atoms with Crippen LogP contribution in [0.5, 0.6) is 0 Å². The lowest BCUT2D eigenvalue weighted by atomic mass is 10.3. The van der Waals surface area contributed by atoms with E-state index in [1.54, 1.807) is 0 Å². The van der Waals surface area contributed by atoms with Crippen molar-refractivity contribution >= 4 is 21.7 Å². The fourth-order valence-corrected chi connectivity index (χ4v) is 2.48. The van der Waals surface area contributed by atoms with Gasteiger partial charge in [-0.3, -0.25) is 4.90 Å². The third-order valence-electron chi connectivity index (χ3n) is 3.05. The van der Waals surface area contributed by atoms with Gasteiger partial charge in [0.15, 0.2) is 0 Å². The Labute approximate surface area is 122 Å². The first-order valence-electron chi connectivity index (χ1n) is 6.85. The van der Waals surface area contributed by atoms with Gasteiger partial charge in [-0.1, -0.05) is 6.92 Å². The molecule has 1 saturated heterocycles. The van der Waals surface area contributed by atoms with Gasteiger partial charge in [-0.25, -0.2) is 9.97 Å². The smallest absolute Gasteiger partial charge is 0.132 e. The van der Waals surface area contributed by atoms with E-state index in [9.17, 15) is 0 Å². The van der Waals surface area contributed by atoms with E-state index in [-0.39, 0.29) is 0 Å². The average molecular weight is 329 g/mol. The predicted molar refractivity (Wildman–Crippen MR) is 79.5 cm³/mol. The molecule has 0 atom stereocenters. The first-order valence-corrected chi connectivity index (χ1v) is 7.64. The van der Waals surface area contributed by atoms with Crippen molar-refractivity contribution in [2.75, 3.05) is 44.7 Å². The lowest BCUT2D eigenvalue weighted by Gasteiger charge is -2.26. The van der Waals surface area contributed by atoms with Crippen molar-refractivity contribution < 1.29 is 4.74 Å². The lowest BCUT2D eigenvalue weighted by Crippen LogP contribution is -2.39. The van der Waals surface area contributed by atoms with E-state index in [2.05, 4.69) is 43.0 Å². The number of rotatable bonds is 6. The van der Waals surface area contributed by atoms with Crippen molar-refractivity contribution in [3.8, 4) is 0 Å². The second kappa shape index (κ2) is 7.77. The molecule has 0 aromatic carbocycles. The molecule has 0 bridgehead atoms. The van der Waals surface area contributed by atoms with Gasteiger partial charge in [0, 0.05) is 38.7 Å². The topological polar surface area (TPSA) is 50.3 Å². The second-order valence-corrected chi connectivity index (χ2v) is 5.44. The Balaban J connectivity index is 1.81. The fourth-order valence-electron chi connectivity index (χ4n) is 2.06. The zero-order valence-corrected chi connectivity index (χ0v) is 12.9. The highest BCUT2D eigenvalue weighted by Crippen LogP contribution is 2.13. The molecular weight excluding hydrogens is 308 g/mol. The zero-order chi connectivity index (χ0) is 13.5. The number of aromatic nitrogens is 2. The molecule has 1 aromatic rings. The Hall–Kier alpha value is -0.720. The molecule has 2 rings (SSSR count). The molecule has 0 spiro atoms. The predicted octanol–water partition coefficient (Wildman–Crippen LogP) is 1.94. The van der Waals surface area contributed by atoms with Gasteiger partial charge in [-0.05, 0) is 22.4 Å². The van der Waals surface area contributed by atoms with E-state index in [1.807, 2.05) is 6.07 Å². The molecule has 0 radical (unpaired) electrons. The van der Waals surface area contributed by atoms with Crippen LogP contribution in [0.3, 0.4) is 0 Å². The van der Waals surface area contributed by atoms with Gasteiger partial charge in [0.2, 0.25) is 0 Å². The molecule has 1 aliphatic heterocycles. The van der Waals surface area contributed by atoms with Gasteiger partial charge < -0.3 is 10.1 Å². The van der Waals surface area contributed by atoms with Crippen LogP contribution < -0.4 is 5.32 Å². The molecule has 106 valence electrons. The minimum absolute atomic E-state index is 0.847. The van der Waals surface area contributed by atoms with Crippen LogP contribution in [0, 0.1) is 0 Å². The normalized spacial score (nSPS) is 16.5. The number of ether oxygens (including phenoxy) is 1. The Morgan fingerprint density at radius 2 is 2.16 bits per heavy atom. The third-order valence-corrected chi connectivity index (χ3v) is 3.46. The highest BCUT2D eigenvalue weighted by molar-refractivity contribution is 9.10. The maximum absolute atomic E-state index is 5.33. The first-order chi connectivity index (χ1) is 9.28. The van der Waals surface area contributed by atoms with Gasteiger partial charge >= 0.3 is 0 Å². The van der Waals surface area contributed by atoms with E-state index in [4.69, 9.17) is 4.74 Å². The van der Waals surface area contributed by atoms with E-state index < -0.39 is 0 Å². The van der Waals surface area contributed by atoms with Crippen molar-refractivity contribution in [2.24, 2.45) is 0 Å². The fraction of sp³-hybridized carbons (Fsp3) is 0.692. The summed E-state index contributed by atoms with van der Waals surface area (Å²) in [5, 5.41) is 3.37. The van der Waals surface area contributed by atoms with Crippen LogP contribution >= 0.6 is 15.9 Å². The molecule has 0 saturated carbocycles. The molecule has 0 amide bonds. The van der Waals surface area contributed by atoms with E-state index in [0.717, 1.165) is 68.5 Å². The summed E-state index contributed by atoms with van der Waals surface area (Å²) in [5.41, 5.74) is 0. The third kappa shape index (κ3) is 5.04. The summed E-state index contributed by atoms with van der Waals surface area (Å²) in [6.45, 7) is 7.80. The molecule has 1 aliphatic rings. The molecule has 2 heterocycles. The molecule has 1 fully saturated rings. The van der Waals surface area contributed by atoms with E-state index >= 15 is 0 Å². The molecule has 0 aliphatic carbocycles. The Bertz CT molecular complexity index is 396. The van der Waals surface area contributed by atoms with Crippen LogP contribution in [-0.4, -0.2) is 54.3 Å². The number of nitrogens with zero attached hydrogens (tertiary/aromatic N) is 3. The summed E-state index contributed by atoms with van der Waals surface area (Å²) in [4.78, 5) is 11.3. The molecule has 1 N–H and O–H groups in total. The molecule has 0 unspecified atom stereocenters. The highest BCUT2D eigenvalue weighted by atomic mass is 79.9. The highest BCUT2D eigenvalue weighted by Gasteiger charge is 2.09. The van der Waals surface area contributed by atoms with Gasteiger partial charge in [0.25, 0.3) is 0 Å². The van der Waals surface area contributed by atoms with Crippen LogP contribution in [0.4, 0.5) is 5.82 Å². The van der Waals surface area contributed by atoms with Gasteiger partial charge in [0.05, 0.1) is 13.2 Å². The van der Waals surface area contributed by atoms with Gasteiger partial charge in [0.1, 0.15) is 16.2 Å². The number of anilines is 1. The number of morpholine rings is 1. The van der Waals surface area contributed by atoms with Crippen molar-refractivity contribution in [1.29, 1.82) is 0 Å². The molecular formula is C13H21BrN4O. The van der Waals surface area contributed by atoms with Crippen molar-refractivity contribution in [2.45, 2.75) is 19.8 Å². The van der Waals surface area contributed by atoms with Crippen LogP contribution in [-0.2, 0) is 11.2 Å². The number of hydrogen-bond acceptors (Lipinski definition) is 5. The Kier molecular flexibility index (Phi) is 6.00. The summed E-state index contributed by atoms with van der Waals surface area (Å²) in [6.07, 6.45) is 1.97. The number of aryl methyl sites for hydroxylation is 1. The first kappa shape index (κ1) is 14.7. The van der Waals surface area contributed by atoms with E-state index in [1.165, 1.54) is 0 Å². The Morgan fingerprint density at radius 1 is 1.37 bits per heavy atom. The molecule has 19 heavy (non-hydrogen) atoms. The largest absolute Gasteiger partial charge is 0.379 e. The van der Waals surface area contributed by atoms with Crippen LogP contribution in [0.1, 0.15) is 19.2 Å². The molecule has 5 nitrogen and oxygen atoms in total. The van der Waals surface area contributed by atoms with Gasteiger partial charge in [-0.15, -0.1) is 0 Å². The van der Waals surface area contributed by atoms with Crippen LogP contribution in [0.15, 0.2) is 10.7 Å². The minimum atomic E-state index is 0.847. The number of halogens is 1. The number of hydrogen-bond donors (Lipinski definition) is 1.